The van der Waals surface area contributed by atoms with Crippen molar-refractivity contribution in [2.45, 2.75) is 25.8 Å². The normalized spacial score (nSPS) is 20.3. The van der Waals surface area contributed by atoms with E-state index < -0.39 is 11.9 Å². The van der Waals surface area contributed by atoms with Crippen molar-refractivity contribution in [3.05, 3.63) is 16.6 Å². The predicted molar refractivity (Wildman–Crippen MR) is 71.0 cm³/mol. The lowest BCUT2D eigenvalue weighted by molar-refractivity contribution is -0.141. The standard InChI is InChI=1S/C12H17N3O3S/c1-2-9(10-13-4-6-19-10)14-12(18)15-5-3-8(7-15)11(16)17/h4,6,8-9H,2-3,5,7H2,1H3,(H,14,18)(H,16,17). The fourth-order valence-corrected chi connectivity index (χ4v) is 2.90. The topological polar surface area (TPSA) is 82.5 Å². The van der Waals surface area contributed by atoms with Gasteiger partial charge in [-0.15, -0.1) is 11.3 Å². The molecule has 0 saturated carbocycles. The van der Waals surface area contributed by atoms with Crippen molar-refractivity contribution in [2.24, 2.45) is 5.92 Å². The molecule has 7 heteroatoms. The Bertz CT molecular complexity index is 449. The Hall–Kier alpha value is -1.63. The van der Waals surface area contributed by atoms with Crippen LogP contribution in [0, 0.1) is 5.92 Å². The predicted octanol–water partition coefficient (Wildman–Crippen LogP) is 1.71. The summed E-state index contributed by atoms with van der Waals surface area (Å²) in [5, 5.41) is 14.6. The largest absolute Gasteiger partial charge is 0.481 e. The molecule has 1 aromatic heterocycles. The third-order valence-corrected chi connectivity index (χ3v) is 4.17. The van der Waals surface area contributed by atoms with Crippen molar-refractivity contribution in [1.29, 1.82) is 0 Å². The molecule has 1 aliphatic rings. The molecule has 104 valence electrons. The van der Waals surface area contributed by atoms with E-state index in [0.29, 0.717) is 13.0 Å². The number of carbonyl (C=O) groups is 2. The second-order valence-electron chi connectivity index (χ2n) is 4.55. The van der Waals surface area contributed by atoms with Crippen molar-refractivity contribution in [3.63, 3.8) is 0 Å². The van der Waals surface area contributed by atoms with Crippen LogP contribution >= 0.6 is 11.3 Å². The molecule has 1 saturated heterocycles. The highest BCUT2D eigenvalue weighted by molar-refractivity contribution is 7.09. The average molecular weight is 283 g/mol. The molecule has 0 aliphatic carbocycles. The molecule has 0 radical (unpaired) electrons. The number of nitrogens with zero attached hydrogens (tertiary/aromatic N) is 2. The van der Waals surface area contributed by atoms with E-state index in [1.807, 2.05) is 12.3 Å². The van der Waals surface area contributed by atoms with Crippen LogP contribution in [0.2, 0.25) is 0 Å². The van der Waals surface area contributed by atoms with Crippen molar-refractivity contribution < 1.29 is 14.7 Å². The Morgan fingerprint density at radius 2 is 2.47 bits per heavy atom. The zero-order valence-electron chi connectivity index (χ0n) is 10.7. The number of urea groups is 1. The molecule has 0 aromatic carbocycles. The number of hydrogen-bond acceptors (Lipinski definition) is 4. The van der Waals surface area contributed by atoms with Gasteiger partial charge in [-0.3, -0.25) is 4.79 Å². The molecule has 2 amide bonds. The van der Waals surface area contributed by atoms with E-state index in [4.69, 9.17) is 5.11 Å². The molecule has 2 atom stereocenters. The van der Waals surface area contributed by atoms with Gasteiger partial charge in [0.1, 0.15) is 5.01 Å². The minimum atomic E-state index is -0.831. The van der Waals surface area contributed by atoms with Crippen LogP contribution < -0.4 is 5.32 Å². The van der Waals surface area contributed by atoms with Crippen LogP contribution in [0.1, 0.15) is 30.8 Å². The number of nitrogens with one attached hydrogen (secondary N) is 1. The van der Waals surface area contributed by atoms with Crippen LogP contribution in [0.3, 0.4) is 0 Å². The number of rotatable bonds is 4. The minimum Gasteiger partial charge on any atom is -0.481 e. The van der Waals surface area contributed by atoms with E-state index in [9.17, 15) is 9.59 Å². The Kier molecular flexibility index (Phi) is 4.36. The molecule has 1 aromatic rings. The monoisotopic (exact) mass is 283 g/mol. The van der Waals surface area contributed by atoms with Gasteiger partial charge in [-0.2, -0.15) is 0 Å². The van der Waals surface area contributed by atoms with Gasteiger partial charge in [0.05, 0.1) is 12.0 Å². The summed E-state index contributed by atoms with van der Waals surface area (Å²) in [4.78, 5) is 28.7. The second kappa shape index (κ2) is 6.01. The summed E-state index contributed by atoms with van der Waals surface area (Å²) in [6.07, 6.45) is 3.00. The lowest BCUT2D eigenvalue weighted by Gasteiger charge is -2.21. The van der Waals surface area contributed by atoms with Crippen LogP contribution in [-0.2, 0) is 4.79 Å². The van der Waals surface area contributed by atoms with Crippen LogP contribution in [0.4, 0.5) is 4.79 Å². The first kappa shape index (κ1) is 13.8. The Morgan fingerprint density at radius 3 is 3.00 bits per heavy atom. The van der Waals surface area contributed by atoms with Crippen molar-refractivity contribution in [3.8, 4) is 0 Å². The second-order valence-corrected chi connectivity index (χ2v) is 5.48. The Labute approximate surface area is 115 Å². The van der Waals surface area contributed by atoms with Gasteiger partial charge in [0.2, 0.25) is 0 Å². The van der Waals surface area contributed by atoms with Crippen LogP contribution in [-0.4, -0.2) is 40.1 Å². The van der Waals surface area contributed by atoms with Gasteiger partial charge < -0.3 is 15.3 Å². The Morgan fingerprint density at radius 1 is 1.68 bits per heavy atom. The molecule has 0 bridgehead atoms. The van der Waals surface area contributed by atoms with E-state index in [2.05, 4.69) is 10.3 Å². The van der Waals surface area contributed by atoms with Gasteiger partial charge >= 0.3 is 12.0 Å². The molecule has 2 rings (SSSR count). The van der Waals surface area contributed by atoms with Crippen LogP contribution in [0.5, 0.6) is 0 Å². The van der Waals surface area contributed by atoms with E-state index in [1.165, 1.54) is 11.3 Å². The minimum absolute atomic E-state index is 0.101. The van der Waals surface area contributed by atoms with Gasteiger partial charge in [-0.25, -0.2) is 9.78 Å². The molecule has 2 N–H and O–H groups in total. The van der Waals surface area contributed by atoms with Gasteiger partial charge in [0.15, 0.2) is 0 Å². The van der Waals surface area contributed by atoms with E-state index >= 15 is 0 Å². The maximum absolute atomic E-state index is 12.1. The number of carboxylic acids is 1. The van der Waals surface area contributed by atoms with E-state index in [-0.39, 0.29) is 18.6 Å². The Balaban J connectivity index is 1.92. The third-order valence-electron chi connectivity index (χ3n) is 3.28. The van der Waals surface area contributed by atoms with E-state index in [0.717, 1.165) is 11.4 Å². The van der Waals surface area contributed by atoms with Crippen molar-refractivity contribution >= 4 is 23.3 Å². The third kappa shape index (κ3) is 3.23. The highest BCUT2D eigenvalue weighted by Crippen LogP contribution is 2.21. The lowest BCUT2D eigenvalue weighted by atomic mass is 10.1. The lowest BCUT2D eigenvalue weighted by Crippen LogP contribution is -2.40. The number of aliphatic carboxylic acids is 1. The summed E-state index contributed by atoms with van der Waals surface area (Å²) in [5.41, 5.74) is 0. The first-order chi connectivity index (χ1) is 9.11. The highest BCUT2D eigenvalue weighted by atomic mass is 32.1. The SMILES string of the molecule is CCC(NC(=O)N1CCC(C(=O)O)C1)c1nccs1. The summed E-state index contributed by atoms with van der Waals surface area (Å²) in [7, 11) is 0. The summed E-state index contributed by atoms with van der Waals surface area (Å²) >= 11 is 1.51. The zero-order chi connectivity index (χ0) is 13.8. The van der Waals surface area contributed by atoms with Gasteiger partial charge in [-0.1, -0.05) is 6.92 Å². The number of hydrogen-bond donors (Lipinski definition) is 2. The summed E-state index contributed by atoms with van der Waals surface area (Å²) in [5.74, 6) is -1.27. The van der Waals surface area contributed by atoms with Crippen molar-refractivity contribution in [2.75, 3.05) is 13.1 Å². The van der Waals surface area contributed by atoms with Gasteiger partial charge in [-0.05, 0) is 12.8 Å². The average Bonchev–Trinajstić information content (AvgIpc) is 3.05. The number of amides is 2. The van der Waals surface area contributed by atoms with Gasteiger partial charge in [0, 0.05) is 24.7 Å². The molecule has 19 heavy (non-hydrogen) atoms. The van der Waals surface area contributed by atoms with Crippen molar-refractivity contribution in [1.82, 2.24) is 15.2 Å². The van der Waals surface area contributed by atoms with Crippen LogP contribution in [0.25, 0.3) is 0 Å². The number of aromatic nitrogens is 1. The molecule has 0 spiro atoms. The van der Waals surface area contributed by atoms with Crippen LogP contribution in [0.15, 0.2) is 11.6 Å². The molecule has 6 nitrogen and oxygen atoms in total. The first-order valence-electron chi connectivity index (χ1n) is 6.29. The first-order valence-corrected chi connectivity index (χ1v) is 7.17. The number of thiazole rings is 1. The highest BCUT2D eigenvalue weighted by Gasteiger charge is 2.31. The molecule has 1 aliphatic heterocycles. The number of carbonyl (C=O) groups excluding carboxylic acids is 1. The maximum atomic E-state index is 12.1. The summed E-state index contributed by atoms with van der Waals surface area (Å²) in [6.45, 7) is 2.77. The summed E-state index contributed by atoms with van der Waals surface area (Å²) < 4.78 is 0. The smallest absolute Gasteiger partial charge is 0.317 e. The molecular weight excluding hydrogens is 266 g/mol. The van der Waals surface area contributed by atoms with Gasteiger partial charge in [0.25, 0.3) is 0 Å². The molecule has 2 unspecified atom stereocenters. The fraction of sp³-hybridized carbons (Fsp3) is 0.583. The quantitative estimate of drug-likeness (QED) is 0.881. The molecule has 1 fully saturated rings. The molecular formula is C12H17N3O3S. The fourth-order valence-electron chi connectivity index (χ4n) is 2.13. The van der Waals surface area contributed by atoms with E-state index in [1.54, 1.807) is 11.1 Å². The number of likely N-dealkylation sites (tertiary alicyclic amines) is 1. The number of carboxylic acid groups (broad SMARTS) is 1. The zero-order valence-corrected chi connectivity index (χ0v) is 11.5. The molecule has 2 heterocycles. The maximum Gasteiger partial charge on any atom is 0.317 e. The summed E-state index contributed by atoms with van der Waals surface area (Å²) in [6, 6.07) is -0.304.